The summed E-state index contributed by atoms with van der Waals surface area (Å²) in [6.45, 7) is -4.07. The molecule has 1 aliphatic rings. The molecule has 7 N–H and O–H groups in total. The van der Waals surface area contributed by atoms with Gasteiger partial charge in [-0.15, -0.1) is 0 Å². The maximum Gasteiger partial charge on any atom is 0.321 e. The first-order chi connectivity index (χ1) is 10.3. The first-order valence-electron chi connectivity index (χ1n) is 6.10. The van der Waals surface area contributed by atoms with E-state index in [0.29, 0.717) is 0 Å². The van der Waals surface area contributed by atoms with Crippen molar-refractivity contribution in [3.05, 3.63) is 16.7 Å². The fraction of sp³-hybridized carbons (Fsp3) is 0.556. The summed E-state index contributed by atoms with van der Waals surface area (Å²) in [7, 11) is 0. The molecule has 0 saturated carbocycles. The van der Waals surface area contributed by atoms with Gasteiger partial charge in [-0.05, 0) is 11.8 Å². The van der Waals surface area contributed by atoms with Gasteiger partial charge in [0.2, 0.25) is 0 Å². The highest BCUT2D eigenvalue weighted by Crippen LogP contribution is 2.37. The lowest BCUT2D eigenvalue weighted by atomic mass is 10.2. The van der Waals surface area contributed by atoms with Gasteiger partial charge in [-0.2, -0.15) is 0 Å². The van der Waals surface area contributed by atoms with Crippen LogP contribution in [0.5, 0.6) is 0 Å². The van der Waals surface area contributed by atoms with Crippen molar-refractivity contribution in [2.24, 2.45) is 5.84 Å². The number of rotatable bonds is 6. The summed E-state index contributed by atoms with van der Waals surface area (Å²) in [5.41, 5.74) is 1.56. The quantitative estimate of drug-likeness (QED) is 0.216. The van der Waals surface area contributed by atoms with Crippen LogP contribution >= 0.6 is 6.72 Å². The average molecular weight is 355 g/mol. The second-order valence-corrected chi connectivity index (χ2v) is 7.13. The Hall–Kier alpha value is -1.14. The Labute approximate surface area is 129 Å². The van der Waals surface area contributed by atoms with Gasteiger partial charge in [-0.25, -0.2) is 9.37 Å². The first-order valence-corrected chi connectivity index (χ1v) is 8.73. The Kier molecular flexibility index (Phi) is 5.45. The largest absolute Gasteiger partial charge is 0.350 e. The molecule has 1 fully saturated rings. The molecule has 2 rings (SSSR count). The monoisotopic (exact) mass is 355 g/mol. The number of alkyl halides is 1. The maximum absolute atomic E-state index is 13.9. The Balaban J connectivity index is 2.01. The molecule has 1 aromatic heterocycles. The molecule has 1 saturated heterocycles. The number of aromatic nitrogens is 2. The van der Waals surface area contributed by atoms with Crippen molar-refractivity contribution >= 4 is 30.0 Å². The fourth-order valence-electron chi connectivity index (χ4n) is 1.91. The number of nitrogen functional groups attached to an aromatic ring is 1. The van der Waals surface area contributed by atoms with E-state index >= 15 is 0 Å². The minimum atomic E-state index is -3.82. The van der Waals surface area contributed by atoms with Crippen LogP contribution in [0.1, 0.15) is 6.42 Å². The van der Waals surface area contributed by atoms with Gasteiger partial charge in [-0.1, -0.05) is 0 Å². The summed E-state index contributed by atoms with van der Waals surface area (Å²) in [4.78, 5) is 35.6. The van der Waals surface area contributed by atoms with Crippen LogP contribution in [0.2, 0.25) is 0 Å². The summed E-state index contributed by atoms with van der Waals surface area (Å²) in [5.74, 6) is 5.24. The van der Waals surface area contributed by atoms with Crippen LogP contribution in [0.25, 0.3) is 0 Å². The number of aromatic amines is 1. The number of H-pyrrole nitrogens is 1. The van der Waals surface area contributed by atoms with Gasteiger partial charge in [-0.3, -0.25) is 10.6 Å². The third-order valence-electron chi connectivity index (χ3n) is 2.86. The van der Waals surface area contributed by atoms with Crippen LogP contribution in [0.4, 0.5) is 15.9 Å². The van der Waals surface area contributed by atoms with Gasteiger partial charge in [0.05, 0.1) is 19.0 Å². The van der Waals surface area contributed by atoms with Crippen molar-refractivity contribution in [1.29, 1.82) is 0 Å². The molecule has 124 valence electrons. The molecule has 1 aliphatic heterocycles. The SMILES string of the molecule is NNc1c(N[C@@H]2O[C@H](COP(O)(O)=S)C[C@@H]2F)nc[nH]c1=O. The summed E-state index contributed by atoms with van der Waals surface area (Å²) in [6, 6.07) is 0. The fourth-order valence-corrected chi connectivity index (χ4v) is 2.46. The van der Waals surface area contributed by atoms with Crippen molar-refractivity contribution in [3.63, 3.8) is 0 Å². The normalized spacial score (nSPS) is 25.2. The van der Waals surface area contributed by atoms with E-state index in [-0.39, 0.29) is 24.5 Å². The molecule has 0 unspecified atom stereocenters. The molecule has 0 aromatic carbocycles. The molecule has 13 heteroatoms. The number of nitrogens with one attached hydrogen (secondary N) is 3. The Bertz CT molecular complexity index is 627. The van der Waals surface area contributed by atoms with Crippen molar-refractivity contribution in [3.8, 4) is 0 Å². The second-order valence-electron chi connectivity index (χ2n) is 4.46. The van der Waals surface area contributed by atoms with E-state index in [0.717, 1.165) is 6.33 Å². The van der Waals surface area contributed by atoms with Gasteiger partial charge in [0.15, 0.2) is 17.7 Å². The predicted molar refractivity (Wildman–Crippen MR) is 79.1 cm³/mol. The van der Waals surface area contributed by atoms with Gasteiger partial charge in [0.25, 0.3) is 5.56 Å². The van der Waals surface area contributed by atoms with Gasteiger partial charge in [0.1, 0.15) is 6.17 Å². The summed E-state index contributed by atoms with van der Waals surface area (Å²) in [6.07, 6.45) is -2.14. The van der Waals surface area contributed by atoms with E-state index in [4.69, 9.17) is 20.4 Å². The molecule has 0 aliphatic carbocycles. The van der Waals surface area contributed by atoms with Gasteiger partial charge >= 0.3 is 6.72 Å². The zero-order valence-electron chi connectivity index (χ0n) is 11.1. The van der Waals surface area contributed by atoms with Crippen LogP contribution in [0, 0.1) is 0 Å². The molecule has 0 radical (unpaired) electrons. The maximum atomic E-state index is 13.9. The summed E-state index contributed by atoms with van der Waals surface area (Å²) in [5, 5.41) is 2.61. The Morgan fingerprint density at radius 1 is 1.68 bits per heavy atom. The summed E-state index contributed by atoms with van der Waals surface area (Å²) < 4.78 is 23.9. The molecule has 0 spiro atoms. The number of hydrogen-bond acceptors (Lipinski definition) is 8. The lowest BCUT2D eigenvalue weighted by molar-refractivity contribution is 0.0182. The molecule has 0 amide bonds. The zero-order valence-corrected chi connectivity index (χ0v) is 12.8. The van der Waals surface area contributed by atoms with E-state index in [1.807, 2.05) is 0 Å². The number of halogens is 1. The molecule has 2 heterocycles. The molecule has 1 aromatic rings. The lowest BCUT2D eigenvalue weighted by Gasteiger charge is -2.18. The second kappa shape index (κ2) is 6.96. The van der Waals surface area contributed by atoms with Crippen molar-refractivity contribution in [1.82, 2.24) is 9.97 Å². The minimum absolute atomic E-state index is 0.0231. The highest BCUT2D eigenvalue weighted by Gasteiger charge is 2.37. The molecule has 22 heavy (non-hydrogen) atoms. The smallest absolute Gasteiger partial charge is 0.321 e. The number of nitrogens with two attached hydrogens (primary N) is 1. The van der Waals surface area contributed by atoms with Crippen LogP contribution in [-0.2, 0) is 21.1 Å². The molecule has 10 nitrogen and oxygen atoms in total. The first kappa shape index (κ1) is 17.2. The third kappa shape index (κ3) is 4.43. The van der Waals surface area contributed by atoms with Crippen molar-refractivity contribution in [2.45, 2.75) is 24.9 Å². The van der Waals surface area contributed by atoms with Crippen molar-refractivity contribution < 1.29 is 23.4 Å². The molecular weight excluding hydrogens is 340 g/mol. The number of hydrogen-bond donors (Lipinski definition) is 6. The standard InChI is InChI=1S/C9H15FN5O5PS/c10-5-1-4(2-19-21(17,18)22)20-9(5)14-7-6(15-11)8(16)13-3-12-7/h3-5,9,15H,1-2,11H2,(H2,17,18,22)(H2,12,13,14,16)/t4-,5-,9+/m0/s1. The van der Waals surface area contributed by atoms with Crippen LogP contribution in [-0.4, -0.2) is 44.9 Å². The topological polar surface area (TPSA) is 155 Å². The minimum Gasteiger partial charge on any atom is -0.350 e. The highest BCUT2D eigenvalue weighted by molar-refractivity contribution is 8.06. The van der Waals surface area contributed by atoms with Crippen LogP contribution in [0.15, 0.2) is 11.1 Å². The van der Waals surface area contributed by atoms with E-state index in [1.54, 1.807) is 0 Å². The van der Waals surface area contributed by atoms with E-state index in [9.17, 15) is 9.18 Å². The van der Waals surface area contributed by atoms with Crippen molar-refractivity contribution in [2.75, 3.05) is 17.3 Å². The highest BCUT2D eigenvalue weighted by atomic mass is 32.5. The third-order valence-corrected chi connectivity index (χ3v) is 3.66. The number of anilines is 2. The lowest BCUT2D eigenvalue weighted by Crippen LogP contribution is -2.30. The molecule has 0 bridgehead atoms. The van der Waals surface area contributed by atoms with Gasteiger partial charge in [0, 0.05) is 6.42 Å². The number of nitrogens with zero attached hydrogens (tertiary/aromatic N) is 1. The number of ether oxygens (including phenoxy) is 1. The predicted octanol–water partition coefficient (Wildman–Crippen LogP) is -0.854. The van der Waals surface area contributed by atoms with Crippen LogP contribution < -0.4 is 22.1 Å². The molecule has 3 atom stereocenters. The van der Waals surface area contributed by atoms with E-state index in [2.05, 4.69) is 37.0 Å². The summed E-state index contributed by atoms with van der Waals surface area (Å²) >= 11 is 4.30. The Morgan fingerprint density at radius 2 is 2.41 bits per heavy atom. The zero-order chi connectivity index (χ0) is 16.3. The van der Waals surface area contributed by atoms with E-state index < -0.39 is 30.8 Å². The van der Waals surface area contributed by atoms with Gasteiger partial charge < -0.3 is 34.8 Å². The van der Waals surface area contributed by atoms with E-state index in [1.165, 1.54) is 0 Å². The number of hydrazine groups is 1. The molecular formula is C9H15FN5O5PS. The van der Waals surface area contributed by atoms with Crippen LogP contribution in [0.3, 0.4) is 0 Å². The average Bonchev–Trinajstić information content (AvgIpc) is 2.77. The Morgan fingerprint density at radius 3 is 3.05 bits per heavy atom.